The van der Waals surface area contributed by atoms with E-state index >= 15 is 0 Å². The molecule has 3 N–H and O–H groups in total. The molecular weight excluding hydrogens is 413 g/mol. The van der Waals surface area contributed by atoms with Crippen molar-refractivity contribution in [1.82, 2.24) is 20.4 Å². The molecule has 2 heterocycles. The van der Waals surface area contributed by atoms with Gasteiger partial charge in [-0.2, -0.15) is 18.3 Å². The average Bonchev–Trinajstić information content (AvgIpc) is 3.10. The molecule has 2 amide bonds. The van der Waals surface area contributed by atoms with Crippen molar-refractivity contribution in [1.29, 1.82) is 0 Å². The van der Waals surface area contributed by atoms with Gasteiger partial charge in [-0.05, 0) is 25.0 Å². The Morgan fingerprint density at radius 2 is 1.77 bits per heavy atom. The summed E-state index contributed by atoms with van der Waals surface area (Å²) in [7, 11) is 0. The highest BCUT2D eigenvalue weighted by molar-refractivity contribution is 6.08. The van der Waals surface area contributed by atoms with Gasteiger partial charge in [0.25, 0.3) is 11.8 Å². The molecule has 3 rings (SSSR count). The third-order valence-corrected chi connectivity index (χ3v) is 4.62. The van der Waals surface area contributed by atoms with Crippen molar-refractivity contribution < 1.29 is 31.5 Å². The van der Waals surface area contributed by atoms with Gasteiger partial charge in [0.15, 0.2) is 5.69 Å². The second-order valence-electron chi connectivity index (χ2n) is 6.84. The molecule has 1 aliphatic rings. The number of rotatable bonds is 5. The fourth-order valence-corrected chi connectivity index (χ4v) is 3.20. The number of H-pyrrole nitrogens is 1. The van der Waals surface area contributed by atoms with Crippen LogP contribution >= 0.6 is 0 Å². The molecule has 0 radical (unpaired) electrons. The van der Waals surface area contributed by atoms with Crippen LogP contribution in [0, 0.1) is 11.6 Å². The number of halogens is 5. The third kappa shape index (κ3) is 5.32. The van der Waals surface area contributed by atoms with E-state index < -0.39 is 41.7 Å². The topological polar surface area (TPSA) is 90.1 Å². The van der Waals surface area contributed by atoms with Crippen molar-refractivity contribution >= 4 is 17.5 Å². The highest BCUT2D eigenvalue weighted by atomic mass is 19.4. The Hall–Kier alpha value is -3.02. The van der Waals surface area contributed by atoms with E-state index in [-0.39, 0.29) is 30.5 Å². The van der Waals surface area contributed by atoms with Crippen molar-refractivity contribution in [3.05, 3.63) is 47.3 Å². The van der Waals surface area contributed by atoms with E-state index in [1.807, 2.05) is 0 Å². The highest BCUT2D eigenvalue weighted by Crippen LogP contribution is 2.21. The summed E-state index contributed by atoms with van der Waals surface area (Å²) in [5.74, 6) is -3.89. The SMILES string of the molecule is O=C(NC1CCN(CC(F)(F)F)CC1)c1n[nH]cc1NC(=O)c1c(F)cccc1F. The standard InChI is InChI=1S/C18H18F5N5O2/c19-11-2-1-3-12(20)14(11)16(29)26-13-8-24-27-15(13)17(30)25-10-4-6-28(7-5-10)9-18(21,22)23/h1-3,8,10H,4-7,9H2,(H,24,27)(H,25,30)(H,26,29). The van der Waals surface area contributed by atoms with Crippen LogP contribution < -0.4 is 10.6 Å². The summed E-state index contributed by atoms with van der Waals surface area (Å²) in [6.07, 6.45) is -2.48. The number of carbonyl (C=O) groups is 2. The number of benzene rings is 1. The Morgan fingerprint density at radius 1 is 1.13 bits per heavy atom. The molecule has 0 atom stereocenters. The number of aromatic nitrogens is 2. The molecule has 162 valence electrons. The molecule has 0 bridgehead atoms. The molecule has 0 saturated carbocycles. The first-order valence-electron chi connectivity index (χ1n) is 9.03. The van der Waals surface area contributed by atoms with Crippen LogP contribution in [-0.2, 0) is 0 Å². The van der Waals surface area contributed by atoms with E-state index in [0.29, 0.717) is 12.8 Å². The molecular formula is C18H18F5N5O2. The fourth-order valence-electron chi connectivity index (χ4n) is 3.20. The van der Waals surface area contributed by atoms with Gasteiger partial charge >= 0.3 is 6.18 Å². The lowest BCUT2D eigenvalue weighted by Gasteiger charge is -2.32. The maximum Gasteiger partial charge on any atom is 0.401 e. The van der Waals surface area contributed by atoms with E-state index in [9.17, 15) is 31.5 Å². The first-order valence-corrected chi connectivity index (χ1v) is 9.03. The summed E-state index contributed by atoms with van der Waals surface area (Å²) in [5.41, 5.74) is -1.10. The van der Waals surface area contributed by atoms with Crippen LogP contribution in [0.3, 0.4) is 0 Å². The number of piperidine rings is 1. The molecule has 0 aliphatic carbocycles. The van der Waals surface area contributed by atoms with Crippen molar-refractivity contribution in [2.75, 3.05) is 25.0 Å². The van der Waals surface area contributed by atoms with Gasteiger partial charge in [-0.15, -0.1) is 0 Å². The van der Waals surface area contributed by atoms with Crippen molar-refractivity contribution in [2.45, 2.75) is 25.1 Å². The van der Waals surface area contributed by atoms with Gasteiger partial charge in [0.05, 0.1) is 12.2 Å². The minimum atomic E-state index is -4.28. The smallest absolute Gasteiger partial charge is 0.348 e. The van der Waals surface area contributed by atoms with Crippen molar-refractivity contribution in [3.63, 3.8) is 0 Å². The van der Waals surface area contributed by atoms with Gasteiger partial charge in [-0.1, -0.05) is 6.07 Å². The molecule has 7 nitrogen and oxygen atoms in total. The summed E-state index contributed by atoms with van der Waals surface area (Å²) >= 11 is 0. The monoisotopic (exact) mass is 431 g/mol. The number of anilines is 1. The number of nitrogens with zero attached hydrogens (tertiary/aromatic N) is 2. The number of nitrogens with one attached hydrogen (secondary N) is 3. The van der Waals surface area contributed by atoms with E-state index in [1.54, 1.807) is 0 Å². The fraction of sp³-hybridized carbons (Fsp3) is 0.389. The van der Waals surface area contributed by atoms with Crippen molar-refractivity contribution in [3.8, 4) is 0 Å². The predicted octanol–water partition coefficient (Wildman–Crippen LogP) is 2.70. The molecule has 1 aromatic heterocycles. The highest BCUT2D eigenvalue weighted by Gasteiger charge is 2.33. The quantitative estimate of drug-likeness (QED) is 0.635. The Labute approximate surface area is 167 Å². The predicted molar refractivity (Wildman–Crippen MR) is 95.9 cm³/mol. The van der Waals surface area contributed by atoms with E-state index in [0.717, 1.165) is 18.2 Å². The molecule has 0 spiro atoms. The largest absolute Gasteiger partial charge is 0.401 e. The second-order valence-corrected chi connectivity index (χ2v) is 6.84. The molecule has 0 unspecified atom stereocenters. The van der Waals surface area contributed by atoms with Crippen LogP contribution in [0.5, 0.6) is 0 Å². The molecule has 1 saturated heterocycles. The van der Waals surface area contributed by atoms with Crippen LogP contribution in [0.4, 0.5) is 27.6 Å². The second kappa shape index (κ2) is 8.78. The normalized spacial score (nSPS) is 15.8. The molecule has 12 heteroatoms. The summed E-state index contributed by atoms with van der Waals surface area (Å²) in [4.78, 5) is 25.9. The van der Waals surface area contributed by atoms with Gasteiger partial charge in [-0.25, -0.2) is 8.78 Å². The molecule has 30 heavy (non-hydrogen) atoms. The van der Waals surface area contributed by atoms with Crippen LogP contribution in [0.15, 0.2) is 24.4 Å². The van der Waals surface area contributed by atoms with Gasteiger partial charge in [0.2, 0.25) is 0 Å². The minimum Gasteiger partial charge on any atom is -0.348 e. The zero-order chi connectivity index (χ0) is 21.9. The molecule has 2 aromatic rings. The molecule has 1 aliphatic heterocycles. The Kier molecular flexibility index (Phi) is 6.34. The number of hydrogen-bond acceptors (Lipinski definition) is 4. The maximum absolute atomic E-state index is 13.8. The molecule has 1 aromatic carbocycles. The van der Waals surface area contributed by atoms with E-state index in [1.165, 1.54) is 11.1 Å². The summed E-state index contributed by atoms with van der Waals surface area (Å²) in [6.45, 7) is -0.668. The zero-order valence-electron chi connectivity index (χ0n) is 15.5. The lowest BCUT2D eigenvalue weighted by molar-refractivity contribution is -0.148. The summed E-state index contributed by atoms with van der Waals surface area (Å²) < 4.78 is 64.9. The lowest BCUT2D eigenvalue weighted by atomic mass is 10.0. The van der Waals surface area contributed by atoms with Crippen LogP contribution in [0.2, 0.25) is 0 Å². The Morgan fingerprint density at radius 3 is 2.37 bits per heavy atom. The first-order chi connectivity index (χ1) is 14.1. The van der Waals surface area contributed by atoms with Gasteiger partial charge in [0, 0.05) is 25.3 Å². The van der Waals surface area contributed by atoms with Gasteiger partial charge < -0.3 is 10.6 Å². The van der Waals surface area contributed by atoms with Gasteiger partial charge in [-0.3, -0.25) is 19.6 Å². The van der Waals surface area contributed by atoms with Gasteiger partial charge in [0.1, 0.15) is 17.2 Å². The molecule has 1 fully saturated rings. The lowest BCUT2D eigenvalue weighted by Crippen LogP contribution is -2.47. The Bertz CT molecular complexity index is 902. The number of aromatic amines is 1. The van der Waals surface area contributed by atoms with Crippen LogP contribution in [0.25, 0.3) is 0 Å². The maximum atomic E-state index is 13.8. The summed E-state index contributed by atoms with van der Waals surface area (Å²) in [6, 6.07) is 2.59. The number of hydrogen-bond donors (Lipinski definition) is 3. The van der Waals surface area contributed by atoms with Crippen LogP contribution in [0.1, 0.15) is 33.7 Å². The van der Waals surface area contributed by atoms with E-state index in [4.69, 9.17) is 0 Å². The minimum absolute atomic E-state index is 0.0883. The number of carbonyl (C=O) groups excluding carboxylic acids is 2. The number of alkyl halides is 3. The van der Waals surface area contributed by atoms with Crippen molar-refractivity contribution in [2.24, 2.45) is 0 Å². The average molecular weight is 431 g/mol. The first kappa shape index (κ1) is 21.7. The number of amides is 2. The number of likely N-dealkylation sites (tertiary alicyclic amines) is 1. The van der Waals surface area contributed by atoms with Crippen LogP contribution in [-0.4, -0.2) is 58.8 Å². The third-order valence-electron chi connectivity index (χ3n) is 4.62. The van der Waals surface area contributed by atoms with E-state index in [2.05, 4.69) is 20.8 Å². The Balaban J connectivity index is 1.60. The zero-order valence-corrected chi connectivity index (χ0v) is 15.5. The summed E-state index contributed by atoms with van der Waals surface area (Å²) in [5, 5.41) is 11.0.